The number of halogens is 2. The van der Waals surface area contributed by atoms with Crippen molar-refractivity contribution in [2.24, 2.45) is 0 Å². The molecular formula is C15H13Cl2NO. The van der Waals surface area contributed by atoms with E-state index in [1.54, 1.807) is 12.1 Å². The van der Waals surface area contributed by atoms with E-state index in [1.807, 2.05) is 37.3 Å². The van der Waals surface area contributed by atoms with E-state index < -0.39 is 0 Å². The minimum Gasteiger partial charge on any atom is -0.326 e. The van der Waals surface area contributed by atoms with E-state index in [9.17, 15) is 4.79 Å². The fraction of sp³-hybridized carbons (Fsp3) is 0.133. The van der Waals surface area contributed by atoms with Crippen molar-refractivity contribution in [1.29, 1.82) is 0 Å². The number of carbonyl (C=O) groups is 1. The summed E-state index contributed by atoms with van der Waals surface area (Å²) in [6, 6.07) is 12.7. The van der Waals surface area contributed by atoms with Crippen molar-refractivity contribution in [3.8, 4) is 0 Å². The van der Waals surface area contributed by atoms with Gasteiger partial charge in [-0.15, -0.1) is 0 Å². The molecule has 0 bridgehead atoms. The van der Waals surface area contributed by atoms with Gasteiger partial charge >= 0.3 is 0 Å². The lowest BCUT2D eigenvalue weighted by molar-refractivity contribution is -0.115. The van der Waals surface area contributed by atoms with Crippen LogP contribution in [0.25, 0.3) is 0 Å². The monoisotopic (exact) mass is 293 g/mol. The molecule has 0 aromatic heterocycles. The summed E-state index contributed by atoms with van der Waals surface area (Å²) < 4.78 is 0. The van der Waals surface area contributed by atoms with E-state index in [2.05, 4.69) is 5.32 Å². The zero-order valence-electron chi connectivity index (χ0n) is 10.4. The highest BCUT2D eigenvalue weighted by Gasteiger charge is 2.07. The first-order valence-corrected chi connectivity index (χ1v) is 6.61. The van der Waals surface area contributed by atoms with Crippen LogP contribution in [0.4, 0.5) is 5.69 Å². The average Bonchev–Trinajstić information content (AvgIpc) is 2.37. The maximum absolute atomic E-state index is 11.9. The van der Waals surface area contributed by atoms with E-state index >= 15 is 0 Å². The summed E-state index contributed by atoms with van der Waals surface area (Å²) in [4.78, 5) is 11.9. The molecule has 0 spiro atoms. The minimum atomic E-state index is -0.118. The van der Waals surface area contributed by atoms with Crippen LogP contribution in [0.2, 0.25) is 10.0 Å². The number of aryl methyl sites for hydroxylation is 1. The van der Waals surface area contributed by atoms with Crippen LogP contribution in [0.3, 0.4) is 0 Å². The Labute approximate surface area is 122 Å². The molecule has 0 heterocycles. The summed E-state index contributed by atoms with van der Waals surface area (Å²) in [6.45, 7) is 1.91. The van der Waals surface area contributed by atoms with Crippen molar-refractivity contribution in [2.75, 3.05) is 5.32 Å². The van der Waals surface area contributed by atoms with Crippen LogP contribution in [0.15, 0.2) is 42.5 Å². The van der Waals surface area contributed by atoms with Gasteiger partial charge in [-0.05, 0) is 36.2 Å². The van der Waals surface area contributed by atoms with E-state index in [0.717, 1.165) is 11.1 Å². The second kappa shape index (κ2) is 6.09. The number of amides is 1. The maximum atomic E-state index is 11.9. The lowest BCUT2D eigenvalue weighted by Crippen LogP contribution is -2.14. The first-order chi connectivity index (χ1) is 9.06. The smallest absolute Gasteiger partial charge is 0.228 e. The van der Waals surface area contributed by atoms with Gasteiger partial charge in [0.2, 0.25) is 5.91 Å². The third-order valence-electron chi connectivity index (χ3n) is 2.76. The molecule has 0 saturated carbocycles. The molecule has 2 rings (SSSR count). The fourth-order valence-corrected chi connectivity index (χ4v) is 2.07. The molecule has 0 saturated heterocycles. The molecule has 2 nitrogen and oxygen atoms in total. The molecule has 1 N–H and O–H groups in total. The highest BCUT2D eigenvalue weighted by molar-refractivity contribution is 6.32. The van der Waals surface area contributed by atoms with Gasteiger partial charge in [-0.1, -0.05) is 47.5 Å². The van der Waals surface area contributed by atoms with Crippen molar-refractivity contribution in [3.63, 3.8) is 0 Å². The lowest BCUT2D eigenvalue weighted by atomic mass is 10.1. The molecule has 2 aromatic carbocycles. The van der Waals surface area contributed by atoms with Crippen LogP contribution in [-0.2, 0) is 11.2 Å². The van der Waals surface area contributed by atoms with Crippen molar-refractivity contribution in [2.45, 2.75) is 13.3 Å². The maximum Gasteiger partial charge on any atom is 0.228 e. The molecule has 0 radical (unpaired) electrons. The third-order valence-corrected chi connectivity index (χ3v) is 3.54. The first-order valence-electron chi connectivity index (χ1n) is 5.85. The second-order valence-electron chi connectivity index (χ2n) is 4.28. The predicted octanol–water partition coefficient (Wildman–Crippen LogP) is 4.48. The van der Waals surface area contributed by atoms with Crippen LogP contribution >= 0.6 is 23.2 Å². The predicted molar refractivity (Wildman–Crippen MR) is 80.0 cm³/mol. The Kier molecular flexibility index (Phi) is 4.46. The summed E-state index contributed by atoms with van der Waals surface area (Å²) in [5, 5.41) is 4.04. The van der Waals surface area contributed by atoms with Gasteiger partial charge in [0.25, 0.3) is 0 Å². The van der Waals surface area contributed by atoms with Crippen molar-refractivity contribution >= 4 is 34.8 Å². The van der Waals surface area contributed by atoms with Gasteiger partial charge in [0.05, 0.1) is 6.42 Å². The number of nitrogens with one attached hydrogen (secondary N) is 1. The molecule has 0 aliphatic rings. The van der Waals surface area contributed by atoms with Crippen LogP contribution in [-0.4, -0.2) is 5.91 Å². The number of carbonyl (C=O) groups excluding carboxylic acids is 1. The molecule has 4 heteroatoms. The van der Waals surface area contributed by atoms with E-state index in [4.69, 9.17) is 23.2 Å². The molecular weight excluding hydrogens is 281 g/mol. The fourth-order valence-electron chi connectivity index (χ4n) is 1.69. The molecule has 2 aromatic rings. The highest BCUT2D eigenvalue weighted by Crippen LogP contribution is 2.21. The molecule has 19 heavy (non-hydrogen) atoms. The van der Waals surface area contributed by atoms with Crippen LogP contribution < -0.4 is 5.32 Å². The molecule has 0 fully saturated rings. The minimum absolute atomic E-state index is 0.118. The van der Waals surface area contributed by atoms with Crippen LogP contribution in [0.5, 0.6) is 0 Å². The number of anilines is 1. The summed E-state index contributed by atoms with van der Waals surface area (Å²) in [5.74, 6) is -0.118. The highest BCUT2D eigenvalue weighted by atomic mass is 35.5. The zero-order chi connectivity index (χ0) is 13.8. The van der Waals surface area contributed by atoms with Gasteiger partial charge in [0, 0.05) is 15.7 Å². The molecule has 0 aliphatic heterocycles. The molecule has 0 aliphatic carbocycles. The normalized spacial score (nSPS) is 10.3. The first kappa shape index (κ1) is 13.9. The van der Waals surface area contributed by atoms with Gasteiger partial charge in [0.1, 0.15) is 0 Å². The standard InChI is InChI=1S/C15H13Cl2NO/c1-10-6-7-12(9-14(10)17)18-15(19)8-11-4-2-3-5-13(11)16/h2-7,9H,8H2,1H3,(H,18,19). The molecule has 98 valence electrons. The molecule has 1 amide bonds. The van der Waals surface area contributed by atoms with Crippen molar-refractivity contribution in [3.05, 3.63) is 63.6 Å². The van der Waals surface area contributed by atoms with Crippen LogP contribution in [0.1, 0.15) is 11.1 Å². The number of hydrogen-bond donors (Lipinski definition) is 1. The topological polar surface area (TPSA) is 29.1 Å². The second-order valence-corrected chi connectivity index (χ2v) is 5.09. The van der Waals surface area contributed by atoms with Gasteiger partial charge in [-0.2, -0.15) is 0 Å². The Hall–Kier alpha value is -1.51. The van der Waals surface area contributed by atoms with E-state index in [1.165, 1.54) is 0 Å². The van der Waals surface area contributed by atoms with E-state index in [0.29, 0.717) is 15.7 Å². The summed E-state index contributed by atoms with van der Waals surface area (Å²) >= 11 is 12.0. The quantitative estimate of drug-likeness (QED) is 0.888. The van der Waals surface area contributed by atoms with Crippen LogP contribution in [0, 0.1) is 6.92 Å². The Bertz CT molecular complexity index is 611. The van der Waals surface area contributed by atoms with Crippen molar-refractivity contribution in [1.82, 2.24) is 0 Å². The Morgan fingerprint density at radius 3 is 2.53 bits per heavy atom. The molecule has 0 unspecified atom stereocenters. The van der Waals surface area contributed by atoms with Gasteiger partial charge in [-0.25, -0.2) is 0 Å². The average molecular weight is 294 g/mol. The van der Waals surface area contributed by atoms with E-state index in [-0.39, 0.29) is 12.3 Å². The van der Waals surface area contributed by atoms with Crippen molar-refractivity contribution < 1.29 is 4.79 Å². The SMILES string of the molecule is Cc1ccc(NC(=O)Cc2ccccc2Cl)cc1Cl. The Morgan fingerprint density at radius 2 is 1.84 bits per heavy atom. The lowest BCUT2D eigenvalue weighted by Gasteiger charge is -2.07. The Balaban J connectivity index is 2.05. The van der Waals surface area contributed by atoms with Gasteiger partial charge in [-0.3, -0.25) is 4.79 Å². The number of rotatable bonds is 3. The largest absolute Gasteiger partial charge is 0.326 e. The Morgan fingerprint density at radius 1 is 1.11 bits per heavy atom. The zero-order valence-corrected chi connectivity index (χ0v) is 11.9. The third kappa shape index (κ3) is 3.72. The number of benzene rings is 2. The summed E-state index contributed by atoms with van der Waals surface area (Å²) in [6.07, 6.45) is 0.241. The molecule has 0 atom stereocenters. The summed E-state index contributed by atoms with van der Waals surface area (Å²) in [7, 11) is 0. The van der Waals surface area contributed by atoms with Gasteiger partial charge < -0.3 is 5.32 Å². The summed E-state index contributed by atoms with van der Waals surface area (Å²) in [5.41, 5.74) is 2.47. The van der Waals surface area contributed by atoms with Gasteiger partial charge in [0.15, 0.2) is 0 Å². The number of hydrogen-bond acceptors (Lipinski definition) is 1.